The molecule has 13 heteroatoms. The van der Waals surface area contributed by atoms with Crippen molar-refractivity contribution in [1.82, 2.24) is 5.32 Å². The molecule has 0 radical (unpaired) electrons. The molecule has 148 valence electrons. The molecule has 0 aromatic heterocycles. The van der Waals surface area contributed by atoms with Crippen molar-refractivity contribution >= 4 is 17.5 Å². The van der Waals surface area contributed by atoms with Gasteiger partial charge < -0.3 is 5.32 Å². The molecular weight excluding hydrogens is 412 g/mol. The number of halogens is 11. The third-order valence-electron chi connectivity index (χ3n) is 3.12. The molecule has 0 aliphatic rings. The maximum absolute atomic E-state index is 13.4. The Balaban J connectivity index is 3.12. The lowest BCUT2D eigenvalue weighted by molar-refractivity contribution is -0.382. The summed E-state index contributed by atoms with van der Waals surface area (Å²) >= 11 is 3.64. The molecule has 0 unspecified atom stereocenters. The third-order valence-corrected chi connectivity index (χ3v) is 3.36. The van der Waals surface area contributed by atoms with Crippen LogP contribution in [0.3, 0.4) is 0 Å². The van der Waals surface area contributed by atoms with Crippen molar-refractivity contribution in [3.63, 3.8) is 0 Å². The summed E-state index contributed by atoms with van der Waals surface area (Å²) in [5.74, 6) is -31.2. The second kappa shape index (κ2) is 6.78. The fraction of sp³-hybridized carbons (Fsp3) is 0.462. The number of nitrogens with one attached hydrogen (secondary N) is 1. The van der Waals surface area contributed by atoms with Gasteiger partial charge in [0.05, 0.1) is 0 Å². The van der Waals surface area contributed by atoms with Crippen molar-refractivity contribution in [2.24, 2.45) is 0 Å². The summed E-state index contributed by atoms with van der Waals surface area (Å²) in [5.41, 5.74) is 0.0735. The molecule has 0 fully saturated rings. The van der Waals surface area contributed by atoms with E-state index in [2.05, 4.69) is 11.6 Å². The third kappa shape index (κ3) is 3.55. The van der Waals surface area contributed by atoms with Crippen molar-refractivity contribution in [3.05, 3.63) is 35.9 Å². The highest BCUT2D eigenvalue weighted by Gasteiger charge is 2.87. The van der Waals surface area contributed by atoms with Crippen molar-refractivity contribution in [3.8, 4) is 0 Å². The maximum atomic E-state index is 13.4. The molecule has 1 aromatic carbocycles. The summed E-state index contributed by atoms with van der Waals surface area (Å²) < 4.78 is 130. The monoisotopic (exact) mass is 419 g/mol. The summed E-state index contributed by atoms with van der Waals surface area (Å²) in [7, 11) is 0. The van der Waals surface area contributed by atoms with Crippen LogP contribution in [0, 0.1) is 0 Å². The van der Waals surface area contributed by atoms with E-state index in [4.69, 9.17) is 0 Å². The fourth-order valence-electron chi connectivity index (χ4n) is 1.60. The van der Waals surface area contributed by atoms with Gasteiger partial charge in [0.25, 0.3) is 5.91 Å². The molecule has 0 heterocycles. The highest BCUT2D eigenvalue weighted by atomic mass is 35.5. The normalized spacial score (nSPS) is 14.3. The Hall–Kier alpha value is -1.72. The lowest BCUT2D eigenvalue weighted by atomic mass is 9.98. The van der Waals surface area contributed by atoms with E-state index in [0.717, 1.165) is 5.32 Å². The van der Waals surface area contributed by atoms with Crippen LogP contribution < -0.4 is 5.32 Å². The second-order valence-corrected chi connectivity index (χ2v) is 5.44. The van der Waals surface area contributed by atoms with E-state index in [0.29, 0.717) is 0 Å². The Labute approximate surface area is 144 Å². The van der Waals surface area contributed by atoms with Crippen LogP contribution in [0.2, 0.25) is 0 Å². The minimum absolute atomic E-state index is 0.0735. The predicted molar refractivity (Wildman–Crippen MR) is 68.9 cm³/mol. The summed E-state index contributed by atoms with van der Waals surface area (Å²) in [6.07, 6.45) is 0. The van der Waals surface area contributed by atoms with Gasteiger partial charge in [0.15, 0.2) is 0 Å². The Morgan fingerprint density at radius 3 is 1.69 bits per heavy atom. The van der Waals surface area contributed by atoms with Crippen LogP contribution in [-0.2, 0) is 11.3 Å². The van der Waals surface area contributed by atoms with Crippen molar-refractivity contribution in [2.45, 2.75) is 35.6 Å². The van der Waals surface area contributed by atoms with Crippen LogP contribution in [0.5, 0.6) is 0 Å². The lowest BCUT2D eigenvalue weighted by Crippen LogP contribution is -2.69. The van der Waals surface area contributed by atoms with Gasteiger partial charge in [0, 0.05) is 6.54 Å². The van der Waals surface area contributed by atoms with Crippen molar-refractivity contribution in [1.29, 1.82) is 0 Å². The van der Waals surface area contributed by atoms with E-state index in [1.54, 1.807) is 0 Å². The van der Waals surface area contributed by atoms with Crippen LogP contribution >= 0.6 is 11.6 Å². The van der Waals surface area contributed by atoms with E-state index >= 15 is 0 Å². The summed E-state index contributed by atoms with van der Waals surface area (Å²) in [6.45, 7) is -0.848. The average molecular weight is 420 g/mol. The second-order valence-electron chi connectivity index (χ2n) is 4.96. The van der Waals surface area contributed by atoms with Gasteiger partial charge in [-0.15, -0.1) is 0 Å². The van der Waals surface area contributed by atoms with E-state index in [1.807, 2.05) is 0 Å². The first-order valence-electron chi connectivity index (χ1n) is 6.40. The number of rotatable bonds is 7. The quantitative estimate of drug-likeness (QED) is 0.505. The molecule has 0 spiro atoms. The van der Waals surface area contributed by atoms with E-state index in [9.17, 15) is 48.7 Å². The van der Waals surface area contributed by atoms with Gasteiger partial charge >= 0.3 is 29.1 Å². The summed E-state index contributed by atoms with van der Waals surface area (Å²) in [5, 5.41) is -5.16. The zero-order chi connectivity index (χ0) is 20.6. The zero-order valence-corrected chi connectivity index (χ0v) is 12.9. The fourth-order valence-corrected chi connectivity index (χ4v) is 1.72. The Kier molecular flexibility index (Phi) is 5.82. The highest BCUT2D eigenvalue weighted by Crippen LogP contribution is 2.57. The molecule has 26 heavy (non-hydrogen) atoms. The van der Waals surface area contributed by atoms with Gasteiger partial charge in [0.1, 0.15) is 0 Å². The minimum atomic E-state index is -7.36. The Bertz CT molecular complexity index is 644. The molecule has 0 saturated heterocycles. The van der Waals surface area contributed by atoms with Crippen LogP contribution in [0.25, 0.3) is 0 Å². The van der Waals surface area contributed by atoms with Gasteiger partial charge in [-0.25, -0.2) is 0 Å². The molecule has 0 atom stereocenters. The van der Waals surface area contributed by atoms with E-state index in [1.165, 1.54) is 30.3 Å². The molecule has 1 rings (SSSR count). The topological polar surface area (TPSA) is 29.1 Å². The SMILES string of the molecule is O=C(NCc1ccccc1)C(F)(F)C(F)(F)C(F)(F)C(F)(F)C(F)(F)Cl. The molecule has 0 aliphatic carbocycles. The average Bonchev–Trinajstić information content (AvgIpc) is 2.51. The number of amides is 1. The predicted octanol–water partition coefficient (Wildman–Crippen LogP) is 4.68. The maximum Gasteiger partial charge on any atom is 0.393 e. The number of carbonyl (C=O) groups is 1. The van der Waals surface area contributed by atoms with Crippen LogP contribution in [0.15, 0.2) is 30.3 Å². The number of benzene rings is 1. The molecule has 0 aliphatic heterocycles. The molecular formula is C13H8ClF10NO. The number of carbonyl (C=O) groups excluding carboxylic acids is 1. The van der Waals surface area contributed by atoms with Crippen LogP contribution in [0.1, 0.15) is 5.56 Å². The standard InChI is InChI=1S/C13H8ClF10NO/c14-13(23,24)12(21,22)11(19,20)10(17,18)9(15,16)8(26)25-6-7-4-2-1-3-5-7/h1-5H,6H2,(H,25,26). The molecule has 2 nitrogen and oxygen atoms in total. The van der Waals surface area contributed by atoms with Crippen LogP contribution in [-0.4, -0.2) is 35.0 Å². The summed E-state index contributed by atoms with van der Waals surface area (Å²) in [6, 6.07) is 6.63. The molecule has 1 aromatic rings. The van der Waals surface area contributed by atoms with Gasteiger partial charge in [-0.05, 0) is 17.2 Å². The van der Waals surface area contributed by atoms with Gasteiger partial charge in [-0.3, -0.25) is 4.79 Å². The van der Waals surface area contributed by atoms with Gasteiger partial charge in [-0.1, -0.05) is 30.3 Å². The minimum Gasteiger partial charge on any atom is -0.347 e. The van der Waals surface area contributed by atoms with E-state index in [-0.39, 0.29) is 5.56 Å². The summed E-state index contributed by atoms with van der Waals surface area (Å²) in [4.78, 5) is 11.2. The van der Waals surface area contributed by atoms with Crippen molar-refractivity contribution < 1.29 is 48.7 Å². The first kappa shape index (κ1) is 22.3. The molecule has 1 N–H and O–H groups in total. The lowest BCUT2D eigenvalue weighted by Gasteiger charge is -2.37. The molecule has 1 amide bonds. The number of hydrogen-bond donors (Lipinski definition) is 1. The molecule has 0 bridgehead atoms. The first-order valence-corrected chi connectivity index (χ1v) is 6.78. The number of hydrogen-bond acceptors (Lipinski definition) is 1. The Morgan fingerprint density at radius 2 is 1.27 bits per heavy atom. The van der Waals surface area contributed by atoms with Gasteiger partial charge in [-0.2, -0.15) is 43.9 Å². The van der Waals surface area contributed by atoms with E-state index < -0.39 is 41.5 Å². The Morgan fingerprint density at radius 1 is 0.808 bits per heavy atom. The van der Waals surface area contributed by atoms with Crippen molar-refractivity contribution in [2.75, 3.05) is 0 Å². The van der Waals surface area contributed by atoms with Crippen LogP contribution in [0.4, 0.5) is 43.9 Å². The smallest absolute Gasteiger partial charge is 0.347 e. The largest absolute Gasteiger partial charge is 0.393 e. The number of alkyl halides is 11. The zero-order valence-electron chi connectivity index (χ0n) is 12.2. The van der Waals surface area contributed by atoms with Gasteiger partial charge in [0.2, 0.25) is 0 Å². The highest BCUT2D eigenvalue weighted by molar-refractivity contribution is 6.22. The first-order chi connectivity index (χ1) is 11.5. The molecule has 0 saturated carbocycles.